The van der Waals surface area contributed by atoms with Crippen LogP contribution >= 0.6 is 0 Å². The Morgan fingerprint density at radius 2 is 2.03 bits per heavy atom. The molecule has 1 atom stereocenters. The largest absolute Gasteiger partial charge is 0.475 e. The Hall–Kier alpha value is -3.94. The molecular weight excluding hydrogens is 521 g/mol. The van der Waals surface area contributed by atoms with E-state index in [1.807, 2.05) is 13.8 Å². The quantitative estimate of drug-likeness (QED) is 0.211. The average molecular weight is 552 g/mol. The zero-order valence-corrected chi connectivity index (χ0v) is 22.4. The van der Waals surface area contributed by atoms with Crippen molar-refractivity contribution in [2.45, 2.75) is 63.8 Å². The molecule has 0 saturated heterocycles. The highest BCUT2D eigenvalue weighted by atomic mass is 32.2. The van der Waals surface area contributed by atoms with Gasteiger partial charge in [0.2, 0.25) is 5.88 Å². The maximum atomic E-state index is 14.8. The van der Waals surface area contributed by atoms with Crippen molar-refractivity contribution in [2.75, 3.05) is 10.7 Å². The number of amidine groups is 1. The molecule has 2 heterocycles. The Kier molecular flexibility index (Phi) is 8.15. The van der Waals surface area contributed by atoms with E-state index in [-0.39, 0.29) is 18.3 Å². The molecule has 14 heteroatoms. The molecule has 0 unspecified atom stereocenters. The molecule has 0 aliphatic carbocycles. The van der Waals surface area contributed by atoms with Gasteiger partial charge in [-0.15, -0.1) is 0 Å². The molecule has 1 aromatic carbocycles. The molecule has 38 heavy (non-hydrogen) atoms. The van der Waals surface area contributed by atoms with E-state index >= 15 is 0 Å². The molecular formula is C24H30FN5O7S. The first-order chi connectivity index (χ1) is 17.6. The van der Waals surface area contributed by atoms with E-state index in [1.165, 1.54) is 6.20 Å². The Bertz CT molecular complexity index is 1360. The molecule has 2 aromatic rings. The van der Waals surface area contributed by atoms with Crippen molar-refractivity contribution in [1.29, 1.82) is 0 Å². The van der Waals surface area contributed by atoms with Crippen LogP contribution in [0.2, 0.25) is 0 Å². The number of hydrogen-bond acceptors (Lipinski definition) is 9. The maximum absolute atomic E-state index is 14.8. The number of nitrogens with two attached hydrogens (primary N) is 1. The molecule has 1 aromatic heterocycles. The number of ether oxygens (including phenoxy) is 2. The molecule has 206 valence electrons. The first kappa shape index (κ1) is 28.6. The van der Waals surface area contributed by atoms with Gasteiger partial charge in [-0.1, -0.05) is 11.2 Å². The van der Waals surface area contributed by atoms with Crippen molar-refractivity contribution in [1.82, 2.24) is 10.3 Å². The number of nitrogens with zero attached hydrogens (tertiary/aromatic N) is 3. The minimum absolute atomic E-state index is 0.121. The van der Waals surface area contributed by atoms with Gasteiger partial charge in [0, 0.05) is 12.3 Å². The molecule has 12 nitrogen and oxygen atoms in total. The van der Waals surface area contributed by atoms with Crippen molar-refractivity contribution in [3.63, 3.8) is 0 Å². The number of sulfone groups is 1. The standard InChI is InChI=1S/C24H30FN5O7S/c1-13(2)36-20-7-6-14(10-27-20)11-30-18-8-15(21(26)29-33)16(25)9-19(18)38(34,35)12-17(22(30)31)28-23(32)37-24(3,4)5/h6-10,13,17,33H,11-12H2,1-5H3,(H2,26,29)(H,28,32)/t17-/m0/s1. The number of alkyl carbamates (subject to hydrolysis) is 1. The summed E-state index contributed by atoms with van der Waals surface area (Å²) in [7, 11) is -4.32. The number of rotatable bonds is 6. The number of fused-ring (bicyclic) bond motifs is 1. The lowest BCUT2D eigenvalue weighted by molar-refractivity contribution is -0.120. The van der Waals surface area contributed by atoms with Crippen LogP contribution in [-0.4, -0.2) is 59.9 Å². The van der Waals surface area contributed by atoms with E-state index in [0.29, 0.717) is 17.5 Å². The Balaban J connectivity index is 2.12. The summed E-state index contributed by atoms with van der Waals surface area (Å²) in [5, 5.41) is 14.2. The number of carbonyl (C=O) groups is 2. The third-order valence-corrected chi connectivity index (χ3v) is 6.96. The summed E-state index contributed by atoms with van der Waals surface area (Å²) in [5.41, 5.74) is 4.52. The zero-order valence-electron chi connectivity index (χ0n) is 21.6. The number of benzene rings is 1. The number of halogens is 1. The van der Waals surface area contributed by atoms with E-state index in [1.54, 1.807) is 32.9 Å². The second-order valence-electron chi connectivity index (χ2n) is 9.86. The lowest BCUT2D eigenvalue weighted by atomic mass is 10.1. The summed E-state index contributed by atoms with van der Waals surface area (Å²) in [6, 6.07) is 3.36. The van der Waals surface area contributed by atoms with Crippen LogP contribution in [-0.2, 0) is 25.9 Å². The minimum Gasteiger partial charge on any atom is -0.475 e. The fraction of sp³-hybridized carbons (Fsp3) is 0.417. The summed E-state index contributed by atoms with van der Waals surface area (Å²) in [4.78, 5) is 30.9. The van der Waals surface area contributed by atoms with Gasteiger partial charge in [0.15, 0.2) is 15.7 Å². The Morgan fingerprint density at radius 3 is 2.58 bits per heavy atom. The van der Waals surface area contributed by atoms with Gasteiger partial charge in [-0.2, -0.15) is 0 Å². The number of pyridine rings is 1. The number of oxime groups is 1. The molecule has 1 aliphatic heterocycles. The highest BCUT2D eigenvalue weighted by molar-refractivity contribution is 7.91. The van der Waals surface area contributed by atoms with E-state index in [2.05, 4.69) is 15.5 Å². The first-order valence-corrected chi connectivity index (χ1v) is 13.2. The van der Waals surface area contributed by atoms with Gasteiger partial charge in [0.05, 0.1) is 34.5 Å². The molecule has 4 N–H and O–H groups in total. The second kappa shape index (κ2) is 10.8. The number of carbonyl (C=O) groups excluding carboxylic acids is 2. The lowest BCUT2D eigenvalue weighted by Gasteiger charge is -2.27. The van der Waals surface area contributed by atoms with Crippen LogP contribution in [0.4, 0.5) is 14.9 Å². The minimum atomic E-state index is -4.32. The third kappa shape index (κ3) is 6.68. The summed E-state index contributed by atoms with van der Waals surface area (Å²) in [6.45, 7) is 8.29. The monoisotopic (exact) mass is 551 g/mol. The van der Waals surface area contributed by atoms with E-state index in [4.69, 9.17) is 20.4 Å². The summed E-state index contributed by atoms with van der Waals surface area (Å²) >= 11 is 0. The highest BCUT2D eigenvalue weighted by Gasteiger charge is 2.40. The van der Waals surface area contributed by atoms with Crippen LogP contribution < -0.4 is 20.7 Å². The Morgan fingerprint density at radius 1 is 1.34 bits per heavy atom. The number of hydrogen-bond donors (Lipinski definition) is 3. The average Bonchev–Trinajstić information content (AvgIpc) is 2.86. The van der Waals surface area contributed by atoms with Gasteiger partial charge in [-0.25, -0.2) is 22.6 Å². The van der Waals surface area contributed by atoms with Gasteiger partial charge >= 0.3 is 6.09 Å². The summed E-state index contributed by atoms with van der Waals surface area (Å²) in [5.74, 6) is -3.02. The molecule has 0 fully saturated rings. The van der Waals surface area contributed by atoms with Crippen molar-refractivity contribution >= 4 is 33.4 Å². The SMILES string of the molecule is CC(C)Oc1ccc(CN2C(=O)[C@@H](NC(=O)OC(C)(C)C)CS(=O)(=O)c3cc(F)c(/C(N)=N/O)cc32)cn1. The number of amides is 2. The van der Waals surface area contributed by atoms with Crippen LogP contribution in [0.3, 0.4) is 0 Å². The fourth-order valence-electron chi connectivity index (χ4n) is 3.66. The second-order valence-corrected chi connectivity index (χ2v) is 11.9. The van der Waals surface area contributed by atoms with Crippen LogP contribution in [0.25, 0.3) is 0 Å². The van der Waals surface area contributed by atoms with Gasteiger partial charge in [-0.3, -0.25) is 4.79 Å². The van der Waals surface area contributed by atoms with Crippen molar-refractivity contribution in [3.8, 4) is 5.88 Å². The van der Waals surface area contributed by atoms with Crippen molar-refractivity contribution in [3.05, 3.63) is 47.4 Å². The molecule has 0 radical (unpaired) electrons. The van der Waals surface area contributed by atoms with E-state index < -0.39 is 61.3 Å². The van der Waals surface area contributed by atoms with Gasteiger partial charge in [-0.05, 0) is 52.3 Å². The third-order valence-electron chi connectivity index (χ3n) is 5.19. The Labute approximate surface area is 219 Å². The fourth-order valence-corrected chi connectivity index (χ4v) is 5.27. The topological polar surface area (TPSA) is 174 Å². The molecule has 0 saturated carbocycles. The molecule has 2 amide bonds. The van der Waals surface area contributed by atoms with Crippen LogP contribution in [0, 0.1) is 5.82 Å². The lowest BCUT2D eigenvalue weighted by Crippen LogP contribution is -2.51. The molecule has 3 rings (SSSR count). The number of anilines is 1. The maximum Gasteiger partial charge on any atom is 0.408 e. The molecule has 0 bridgehead atoms. The smallest absolute Gasteiger partial charge is 0.408 e. The number of nitrogens with one attached hydrogen (secondary N) is 1. The van der Waals surface area contributed by atoms with Gasteiger partial charge in [0.1, 0.15) is 17.5 Å². The van der Waals surface area contributed by atoms with E-state index in [9.17, 15) is 22.4 Å². The molecule has 0 spiro atoms. The molecule has 1 aliphatic rings. The zero-order chi connectivity index (χ0) is 28.4. The number of aromatic nitrogens is 1. The highest BCUT2D eigenvalue weighted by Crippen LogP contribution is 2.34. The summed E-state index contributed by atoms with van der Waals surface area (Å²) in [6.07, 6.45) is 0.315. The van der Waals surface area contributed by atoms with Gasteiger partial charge in [0.25, 0.3) is 5.91 Å². The van der Waals surface area contributed by atoms with Gasteiger partial charge < -0.3 is 30.6 Å². The van der Waals surface area contributed by atoms with Crippen molar-refractivity contribution in [2.24, 2.45) is 10.9 Å². The van der Waals surface area contributed by atoms with Crippen LogP contribution in [0.1, 0.15) is 45.7 Å². The first-order valence-electron chi connectivity index (χ1n) is 11.6. The summed E-state index contributed by atoms with van der Waals surface area (Å²) < 4.78 is 52.1. The normalized spacial score (nSPS) is 17.6. The van der Waals surface area contributed by atoms with Crippen molar-refractivity contribution < 1.29 is 37.1 Å². The predicted octanol–water partition coefficient (Wildman–Crippen LogP) is 2.32. The predicted molar refractivity (Wildman–Crippen MR) is 135 cm³/mol. The van der Waals surface area contributed by atoms with E-state index in [0.717, 1.165) is 11.0 Å². The van der Waals surface area contributed by atoms with Crippen LogP contribution in [0.5, 0.6) is 5.88 Å². The van der Waals surface area contributed by atoms with Crippen LogP contribution in [0.15, 0.2) is 40.5 Å².